The number of aromatic nitrogens is 7. The van der Waals surface area contributed by atoms with Crippen molar-refractivity contribution in [2.24, 2.45) is 16.1 Å². The van der Waals surface area contributed by atoms with E-state index in [0.29, 0.717) is 22.3 Å². The normalized spacial score (nSPS) is 13.9. The van der Waals surface area contributed by atoms with Crippen LogP contribution in [0, 0.1) is 23.6 Å². The van der Waals surface area contributed by atoms with E-state index in [9.17, 15) is 72.1 Å². The number of anilines is 3. The number of aliphatic carboxylic acids is 1. The van der Waals surface area contributed by atoms with E-state index in [1.165, 1.54) is 110 Å². The lowest BCUT2D eigenvalue weighted by atomic mass is 9.92. The first kappa shape index (κ1) is 75.5. The zero-order chi connectivity index (χ0) is 70.9. The Kier molecular flexibility index (Phi) is 25.9. The quantitative estimate of drug-likeness (QED) is 0.0305. The summed E-state index contributed by atoms with van der Waals surface area (Å²) < 4.78 is 157. The molecule has 6 heterocycles. The molecule has 0 spiro atoms. The van der Waals surface area contributed by atoms with Crippen LogP contribution in [0.3, 0.4) is 0 Å². The average molecular weight is 1420 g/mol. The van der Waals surface area contributed by atoms with Crippen molar-refractivity contribution in [2.45, 2.75) is 62.4 Å². The highest BCUT2D eigenvalue weighted by Gasteiger charge is 2.33. The van der Waals surface area contributed by atoms with Crippen molar-refractivity contribution in [2.75, 3.05) is 69.8 Å². The molecule has 8 rings (SSSR count). The highest BCUT2D eigenvalue weighted by atomic mass is 32.2. The summed E-state index contributed by atoms with van der Waals surface area (Å²) in [5, 5.41) is 20.6. The number of rotatable bonds is 20. The number of aromatic carboxylic acids is 1. The molecular formula is C52H57F5N15O19PS3. The Morgan fingerprint density at radius 3 is 1.95 bits per heavy atom. The molecule has 2 aliphatic heterocycles. The average Bonchev–Trinajstić information content (AvgIpc) is 1.76. The number of halogens is 5. The van der Waals surface area contributed by atoms with Crippen molar-refractivity contribution < 1.29 is 111 Å². The summed E-state index contributed by atoms with van der Waals surface area (Å²) in [5.74, 6) is -3.33. The highest BCUT2D eigenvalue weighted by Crippen LogP contribution is 2.38. The van der Waals surface area contributed by atoms with Crippen molar-refractivity contribution >= 4 is 98.0 Å². The van der Waals surface area contributed by atoms with Crippen LogP contribution in [0.15, 0.2) is 81.8 Å². The standard InChI is InChI=1S/C18H17FN4O2S.C15H18N6O6S.C14H10F4N4O7S.C5H12NO4P/c1-4-5-22-13-7-12(11(19)6-14(13)25-9-16(22)24)20-17-23-10-18(2,3)8-15(23)21-26-17;1-21(2)13(22)9-6-5-7-16-12(9)28(24,25)20-15(23)19-14-17-10(26-3)8-11(18-14)27-4;15-11(16)28-8-5-9(29-12(17)18)20-13(19-8)21-14(25)22-30(26,27)7-4-2-1-3-6(7)10(23)24;1-11(9,10)3-2-4(6)5(7)8/h1,6-7H,5,8-10H2,2-3H3;5-8H,1-4H3,(H2,17,18,19,20,23);1-5,11-12H,(H,23,24)(H2,19,20,21,22,25);4H,2-3,6H2,1H3,(H,7,8)(H,9,10)/b20-17-;;;. The van der Waals surface area contributed by atoms with E-state index in [2.05, 4.69) is 68.8 Å². The van der Waals surface area contributed by atoms with Gasteiger partial charge >= 0.3 is 37.2 Å². The Balaban J connectivity index is 0.000000239. The molecule has 0 fully saturated rings. The SMILES string of the molecule is C#CCN1C(=O)COc2cc(F)c(/N=c3\snc4n3CC(C)(C)C4)cc21.COc1cc(OC)nc(NC(=O)NS(=O)(=O)c2ncccc2C(=O)N(C)C)n1.CP(=O)(O)CCC(N)C(=O)O.O=C(Nc1nc(OC(F)F)cc(OC(F)F)n1)NS(=O)(=O)c1ccccc1C(=O)O. The summed E-state index contributed by atoms with van der Waals surface area (Å²) in [4.78, 5) is 103. The van der Waals surface area contributed by atoms with Gasteiger partial charge in [-0.2, -0.15) is 50.3 Å². The molecule has 95 heavy (non-hydrogen) atoms. The minimum Gasteiger partial charge on any atom is -0.481 e. The topological polar surface area (TPSA) is 470 Å². The number of carbonyl (C=O) groups is 6. The van der Waals surface area contributed by atoms with Gasteiger partial charge in [-0.05, 0) is 42.2 Å². The summed E-state index contributed by atoms with van der Waals surface area (Å²) in [7, 11) is -6.67. The largest absolute Gasteiger partial charge is 0.481 e. The molecule has 34 nitrogen and oxygen atoms in total. The number of urea groups is 2. The molecule has 6 amide bonds. The zero-order valence-electron chi connectivity index (χ0n) is 50.4. The second-order valence-electron chi connectivity index (χ2n) is 20.0. The summed E-state index contributed by atoms with van der Waals surface area (Å²) in [6.07, 6.45) is 7.41. The van der Waals surface area contributed by atoms with E-state index in [1.807, 2.05) is 4.57 Å². The molecule has 6 aromatic rings. The fourth-order valence-corrected chi connectivity index (χ4v) is 11.3. The summed E-state index contributed by atoms with van der Waals surface area (Å²) in [5.41, 5.74) is 4.94. The minimum absolute atomic E-state index is 0.0412. The molecule has 4 aromatic heterocycles. The number of alkyl halides is 4. The number of carbonyl (C=O) groups excluding carboxylic acids is 4. The maximum atomic E-state index is 14.5. The Bertz CT molecular complexity index is 4200. The van der Waals surface area contributed by atoms with Gasteiger partial charge in [0.25, 0.3) is 31.9 Å². The van der Waals surface area contributed by atoms with Gasteiger partial charge in [-0.15, -0.1) is 6.42 Å². The van der Waals surface area contributed by atoms with Crippen LogP contribution >= 0.6 is 18.9 Å². The number of hydrogen-bond acceptors (Lipinski definition) is 25. The van der Waals surface area contributed by atoms with Gasteiger partial charge in [0.15, 0.2) is 24.8 Å². The molecule has 0 radical (unpaired) electrons. The molecule has 0 saturated heterocycles. The molecule has 512 valence electrons. The molecule has 2 aromatic carbocycles. The Morgan fingerprint density at radius 2 is 1.42 bits per heavy atom. The van der Waals surface area contributed by atoms with Crippen LogP contribution in [0.2, 0.25) is 0 Å². The molecule has 43 heteroatoms. The molecule has 9 N–H and O–H groups in total. The van der Waals surface area contributed by atoms with Crippen LogP contribution in [0.1, 0.15) is 46.8 Å². The minimum atomic E-state index is -4.71. The Hall–Kier alpha value is -10.2. The van der Waals surface area contributed by atoms with Crippen LogP contribution in [0.5, 0.6) is 29.3 Å². The third-order valence-corrected chi connectivity index (χ3v) is 16.3. The van der Waals surface area contributed by atoms with Crippen LogP contribution in [0.25, 0.3) is 0 Å². The van der Waals surface area contributed by atoms with E-state index >= 15 is 0 Å². The second kappa shape index (κ2) is 32.6. The van der Waals surface area contributed by atoms with E-state index < -0.39 is 116 Å². The third kappa shape index (κ3) is 22.2. The molecule has 2 unspecified atom stereocenters. The summed E-state index contributed by atoms with van der Waals surface area (Å²) in [6, 6.07) is 7.85. The molecule has 0 saturated carbocycles. The number of ether oxygens (including phenoxy) is 5. The number of amides is 6. The lowest BCUT2D eigenvalue weighted by molar-refractivity contribution is -0.138. The number of nitrogens with zero attached hydrogens (tertiary/aromatic N) is 10. The number of methoxy groups -OCH3 is 2. The van der Waals surface area contributed by atoms with Gasteiger partial charge < -0.3 is 54.0 Å². The predicted octanol–water partition coefficient (Wildman–Crippen LogP) is 3.93. The zero-order valence-corrected chi connectivity index (χ0v) is 53.7. The van der Waals surface area contributed by atoms with Gasteiger partial charge in [0.2, 0.25) is 40.2 Å². The van der Waals surface area contributed by atoms with Gasteiger partial charge in [-0.1, -0.05) is 31.9 Å². The number of nitrogens with one attached hydrogen (secondary N) is 4. The van der Waals surface area contributed by atoms with Gasteiger partial charge in [-0.3, -0.25) is 34.5 Å². The fourth-order valence-electron chi connectivity index (χ4n) is 7.67. The first-order valence-electron chi connectivity index (χ1n) is 26.4. The number of hydrogen-bond donors (Lipinski definition) is 8. The van der Waals surface area contributed by atoms with Gasteiger partial charge in [0, 0.05) is 63.7 Å². The van der Waals surface area contributed by atoms with Crippen LogP contribution in [-0.2, 0) is 47.2 Å². The van der Waals surface area contributed by atoms with Crippen LogP contribution < -0.4 is 59.2 Å². The van der Waals surface area contributed by atoms with E-state index in [4.69, 9.17) is 41.5 Å². The van der Waals surface area contributed by atoms with Crippen molar-refractivity contribution in [3.05, 3.63) is 94.4 Å². The number of sulfonamides is 2. The van der Waals surface area contributed by atoms with Crippen LogP contribution in [0.4, 0.5) is 54.8 Å². The van der Waals surface area contributed by atoms with Crippen molar-refractivity contribution in [1.29, 1.82) is 0 Å². The number of carboxylic acid groups (broad SMARTS) is 2. The maximum Gasteiger partial charge on any atom is 0.388 e. The van der Waals surface area contributed by atoms with E-state index in [1.54, 1.807) is 10.0 Å². The fraction of sp³-hybridized carbons (Fsp3) is 0.327. The highest BCUT2D eigenvalue weighted by molar-refractivity contribution is 7.90. The molecule has 2 aliphatic rings. The molecule has 0 bridgehead atoms. The van der Waals surface area contributed by atoms with Crippen LogP contribution in [-0.4, -0.2) is 180 Å². The lowest BCUT2D eigenvalue weighted by Crippen LogP contribution is -2.39. The monoisotopic (exact) mass is 1420 g/mol. The molecular weight excluding hydrogens is 1360 g/mol. The number of pyridine rings is 1. The Labute approximate surface area is 539 Å². The van der Waals surface area contributed by atoms with Crippen molar-refractivity contribution in [3.63, 3.8) is 0 Å². The second-order valence-corrected chi connectivity index (χ2v) is 26.6. The van der Waals surface area contributed by atoms with Gasteiger partial charge in [0.1, 0.15) is 28.2 Å². The Morgan fingerprint density at radius 1 is 0.874 bits per heavy atom. The summed E-state index contributed by atoms with van der Waals surface area (Å²) >= 11 is 1.24. The third-order valence-electron chi connectivity index (χ3n) is 11.8. The number of nitrogens with two attached hydrogens (primary N) is 1. The maximum absolute atomic E-state index is 14.5. The number of fused-ring (bicyclic) bond motifs is 2. The van der Waals surface area contributed by atoms with E-state index in [0.717, 1.165) is 30.9 Å². The first-order chi connectivity index (χ1) is 44.4. The van der Waals surface area contributed by atoms with Crippen molar-refractivity contribution in [1.82, 2.24) is 48.2 Å². The van der Waals surface area contributed by atoms with Crippen molar-refractivity contribution in [3.8, 4) is 41.6 Å². The number of terminal acetylenes is 1. The van der Waals surface area contributed by atoms with Gasteiger partial charge in [0.05, 0.1) is 49.7 Å². The van der Waals surface area contributed by atoms with Gasteiger partial charge in [-0.25, -0.2) is 46.6 Å². The number of benzene rings is 2. The first-order valence-corrected chi connectivity index (χ1v) is 32.4. The lowest BCUT2D eigenvalue weighted by Gasteiger charge is -2.28. The summed E-state index contributed by atoms with van der Waals surface area (Å²) in [6.45, 7) is -0.581. The smallest absolute Gasteiger partial charge is 0.388 e. The molecule has 0 aliphatic carbocycles. The van der Waals surface area contributed by atoms with E-state index in [-0.39, 0.29) is 66.0 Å². The number of carboxylic acids is 2. The predicted molar refractivity (Wildman–Crippen MR) is 322 cm³/mol. The molecule has 2 atom stereocenters.